The van der Waals surface area contributed by atoms with E-state index in [1.165, 1.54) is 6.07 Å². The third-order valence-electron chi connectivity index (χ3n) is 1.46. The lowest BCUT2D eigenvalue weighted by atomic mass is 10.2. The molecule has 0 atom stereocenters. The number of allylic oxidation sites excluding steroid dienone is 1. The number of thiophene rings is 1. The van der Waals surface area contributed by atoms with Crippen LogP contribution in [0.2, 0.25) is 0 Å². The highest BCUT2D eigenvalue weighted by atomic mass is 32.1. The molecule has 0 spiro atoms. The number of alkyl halides is 3. The van der Waals surface area contributed by atoms with Crippen molar-refractivity contribution in [2.75, 3.05) is 6.61 Å². The molecule has 1 aromatic rings. The van der Waals surface area contributed by atoms with Gasteiger partial charge in [-0.2, -0.15) is 13.2 Å². The fourth-order valence-corrected chi connectivity index (χ4v) is 1.61. The van der Waals surface area contributed by atoms with Crippen molar-refractivity contribution in [2.45, 2.75) is 13.1 Å². The third-order valence-corrected chi connectivity index (χ3v) is 2.36. The van der Waals surface area contributed by atoms with Crippen LogP contribution in [0.15, 0.2) is 23.8 Å². The molecule has 0 saturated heterocycles. The van der Waals surface area contributed by atoms with Gasteiger partial charge in [-0.3, -0.25) is 0 Å². The molecule has 1 rings (SSSR count). The molecular formula is C9H9F3OS. The standard InChI is InChI=1S/C9H9F3OS/c1-2-13-6-7(9(10,11)12)8-4-3-5-14-8/h3-6H,2H2,1H3/b7-6+. The van der Waals surface area contributed by atoms with Crippen LogP contribution in [0.1, 0.15) is 11.8 Å². The zero-order chi connectivity index (χ0) is 10.6. The van der Waals surface area contributed by atoms with Crippen LogP contribution in [0.3, 0.4) is 0 Å². The largest absolute Gasteiger partial charge is 0.501 e. The Labute approximate surface area is 83.8 Å². The summed E-state index contributed by atoms with van der Waals surface area (Å²) in [6, 6.07) is 2.99. The van der Waals surface area contributed by atoms with Gasteiger partial charge in [-0.1, -0.05) is 6.07 Å². The van der Waals surface area contributed by atoms with Crippen molar-refractivity contribution in [3.63, 3.8) is 0 Å². The Morgan fingerprint density at radius 1 is 1.57 bits per heavy atom. The number of hydrogen-bond donors (Lipinski definition) is 0. The van der Waals surface area contributed by atoms with Gasteiger partial charge >= 0.3 is 6.18 Å². The lowest BCUT2D eigenvalue weighted by Crippen LogP contribution is -2.10. The average Bonchev–Trinajstić information content (AvgIpc) is 2.55. The molecule has 0 radical (unpaired) electrons. The Kier molecular flexibility index (Phi) is 3.57. The van der Waals surface area contributed by atoms with Gasteiger partial charge in [0.1, 0.15) is 5.57 Å². The quantitative estimate of drug-likeness (QED) is 0.709. The topological polar surface area (TPSA) is 9.23 Å². The fourth-order valence-electron chi connectivity index (χ4n) is 0.863. The molecule has 0 saturated carbocycles. The fraction of sp³-hybridized carbons (Fsp3) is 0.333. The number of rotatable bonds is 3. The maximum Gasteiger partial charge on any atom is 0.420 e. The maximum atomic E-state index is 12.5. The van der Waals surface area contributed by atoms with Crippen LogP contribution < -0.4 is 0 Å². The van der Waals surface area contributed by atoms with Crippen molar-refractivity contribution in [2.24, 2.45) is 0 Å². The van der Waals surface area contributed by atoms with E-state index in [1.807, 2.05) is 0 Å². The van der Waals surface area contributed by atoms with Crippen molar-refractivity contribution in [1.29, 1.82) is 0 Å². The minimum Gasteiger partial charge on any atom is -0.501 e. The summed E-state index contributed by atoms with van der Waals surface area (Å²) in [5, 5.41) is 1.60. The summed E-state index contributed by atoms with van der Waals surface area (Å²) < 4.78 is 42.1. The third kappa shape index (κ3) is 2.77. The Morgan fingerprint density at radius 3 is 2.71 bits per heavy atom. The van der Waals surface area contributed by atoms with Gasteiger partial charge in [0.25, 0.3) is 0 Å². The molecule has 1 nitrogen and oxygen atoms in total. The Balaban J connectivity index is 2.95. The number of halogens is 3. The summed E-state index contributed by atoms with van der Waals surface area (Å²) in [6.45, 7) is 1.86. The molecular weight excluding hydrogens is 213 g/mol. The molecule has 0 fully saturated rings. The highest BCUT2D eigenvalue weighted by molar-refractivity contribution is 7.11. The van der Waals surface area contributed by atoms with E-state index in [1.54, 1.807) is 18.4 Å². The van der Waals surface area contributed by atoms with Gasteiger partial charge in [-0.15, -0.1) is 11.3 Å². The first-order valence-corrected chi connectivity index (χ1v) is 4.86. The van der Waals surface area contributed by atoms with Crippen LogP contribution in [-0.2, 0) is 4.74 Å². The minimum absolute atomic E-state index is 0.172. The molecule has 0 bridgehead atoms. The van der Waals surface area contributed by atoms with Gasteiger partial charge in [0.2, 0.25) is 0 Å². The number of hydrogen-bond acceptors (Lipinski definition) is 2. The SMILES string of the molecule is CCO/C=C(\c1cccs1)C(F)(F)F. The predicted octanol–water partition coefficient (Wildman–Crippen LogP) is 3.69. The van der Waals surface area contributed by atoms with E-state index in [9.17, 15) is 13.2 Å². The first-order chi connectivity index (χ1) is 6.55. The van der Waals surface area contributed by atoms with Crippen LogP contribution in [0, 0.1) is 0 Å². The van der Waals surface area contributed by atoms with Gasteiger partial charge in [-0.05, 0) is 18.4 Å². The second-order valence-electron chi connectivity index (χ2n) is 2.46. The zero-order valence-electron chi connectivity index (χ0n) is 7.47. The average molecular weight is 222 g/mol. The molecule has 0 amide bonds. The molecule has 0 N–H and O–H groups in total. The van der Waals surface area contributed by atoms with Gasteiger partial charge in [0.15, 0.2) is 0 Å². The second-order valence-corrected chi connectivity index (χ2v) is 3.41. The monoisotopic (exact) mass is 222 g/mol. The first-order valence-electron chi connectivity index (χ1n) is 3.98. The molecule has 0 unspecified atom stereocenters. The predicted molar refractivity (Wildman–Crippen MR) is 50.0 cm³/mol. The summed E-state index contributed by atoms with van der Waals surface area (Å²) >= 11 is 1.04. The first kappa shape index (κ1) is 11.1. The molecule has 78 valence electrons. The summed E-state index contributed by atoms with van der Waals surface area (Å²) in [7, 11) is 0. The summed E-state index contributed by atoms with van der Waals surface area (Å²) in [4.78, 5) is 0.172. The van der Waals surface area contributed by atoms with Gasteiger partial charge in [-0.25, -0.2) is 0 Å². The smallest absolute Gasteiger partial charge is 0.420 e. The lowest BCUT2D eigenvalue weighted by molar-refractivity contribution is -0.0700. The molecule has 14 heavy (non-hydrogen) atoms. The second kappa shape index (κ2) is 4.50. The zero-order valence-corrected chi connectivity index (χ0v) is 8.28. The highest BCUT2D eigenvalue weighted by Crippen LogP contribution is 2.35. The maximum absolute atomic E-state index is 12.5. The van der Waals surface area contributed by atoms with E-state index in [2.05, 4.69) is 4.74 Å². The summed E-state index contributed by atoms with van der Waals surface area (Å²) in [6.07, 6.45) is -3.59. The van der Waals surface area contributed by atoms with E-state index in [4.69, 9.17) is 0 Å². The molecule has 0 aliphatic heterocycles. The van der Waals surface area contributed by atoms with Crippen LogP contribution in [-0.4, -0.2) is 12.8 Å². The van der Waals surface area contributed by atoms with Crippen LogP contribution in [0.25, 0.3) is 5.57 Å². The Hall–Kier alpha value is -0.970. The molecule has 5 heteroatoms. The molecule has 0 aliphatic carbocycles. The van der Waals surface area contributed by atoms with E-state index < -0.39 is 11.7 Å². The van der Waals surface area contributed by atoms with Crippen molar-refractivity contribution < 1.29 is 17.9 Å². The molecule has 0 aromatic carbocycles. The highest BCUT2D eigenvalue weighted by Gasteiger charge is 2.35. The van der Waals surface area contributed by atoms with Gasteiger partial charge < -0.3 is 4.74 Å². The molecule has 1 heterocycles. The van der Waals surface area contributed by atoms with Crippen LogP contribution >= 0.6 is 11.3 Å². The minimum atomic E-state index is -4.36. The summed E-state index contributed by atoms with van der Waals surface area (Å²) in [5.74, 6) is 0. The van der Waals surface area contributed by atoms with Crippen molar-refractivity contribution in [3.8, 4) is 0 Å². The normalized spacial score (nSPS) is 13.0. The molecule has 0 aliphatic rings. The van der Waals surface area contributed by atoms with E-state index >= 15 is 0 Å². The van der Waals surface area contributed by atoms with Gasteiger partial charge in [0.05, 0.1) is 12.9 Å². The van der Waals surface area contributed by atoms with Gasteiger partial charge in [0, 0.05) is 4.88 Å². The number of ether oxygens (including phenoxy) is 1. The Morgan fingerprint density at radius 2 is 2.29 bits per heavy atom. The van der Waals surface area contributed by atoms with Crippen molar-refractivity contribution >= 4 is 16.9 Å². The lowest BCUT2D eigenvalue weighted by Gasteiger charge is -2.09. The van der Waals surface area contributed by atoms with Crippen molar-refractivity contribution in [3.05, 3.63) is 28.7 Å². The van der Waals surface area contributed by atoms with Crippen LogP contribution in [0.4, 0.5) is 13.2 Å². The summed E-state index contributed by atoms with van der Waals surface area (Å²) in [5.41, 5.74) is -0.727. The van der Waals surface area contributed by atoms with E-state index in [0.29, 0.717) is 0 Å². The van der Waals surface area contributed by atoms with E-state index in [-0.39, 0.29) is 11.5 Å². The van der Waals surface area contributed by atoms with Crippen LogP contribution in [0.5, 0.6) is 0 Å². The van der Waals surface area contributed by atoms with E-state index in [0.717, 1.165) is 17.6 Å². The Bertz CT molecular complexity index is 300. The van der Waals surface area contributed by atoms with Crippen molar-refractivity contribution in [1.82, 2.24) is 0 Å². The molecule has 1 aromatic heterocycles.